The maximum Gasteiger partial charge on any atom is 0.275 e. The summed E-state index contributed by atoms with van der Waals surface area (Å²) in [5.74, 6) is 0.0963. The lowest BCUT2D eigenvalue weighted by Crippen LogP contribution is -2.14. The van der Waals surface area contributed by atoms with E-state index in [1.54, 1.807) is 36.8 Å². The maximum atomic E-state index is 12.2. The molecule has 8 heteroatoms. The highest BCUT2D eigenvalue weighted by atomic mass is 16.1. The van der Waals surface area contributed by atoms with Crippen LogP contribution >= 0.6 is 0 Å². The Labute approximate surface area is 144 Å². The fourth-order valence-electron chi connectivity index (χ4n) is 2.11. The van der Waals surface area contributed by atoms with Crippen molar-refractivity contribution >= 4 is 23.1 Å². The lowest BCUT2D eigenvalue weighted by Gasteiger charge is -2.09. The lowest BCUT2D eigenvalue weighted by atomic mass is 10.3. The molecule has 8 nitrogen and oxygen atoms in total. The summed E-state index contributed by atoms with van der Waals surface area (Å²) in [4.78, 5) is 28.6. The number of hydrogen-bond acceptors (Lipinski definition) is 7. The summed E-state index contributed by atoms with van der Waals surface area (Å²) in [6.45, 7) is 2.26. The molecule has 0 aliphatic carbocycles. The Bertz CT molecular complexity index is 880. The molecule has 0 aliphatic heterocycles. The number of rotatable bonds is 5. The van der Waals surface area contributed by atoms with Gasteiger partial charge in [0.25, 0.3) is 5.91 Å². The van der Waals surface area contributed by atoms with Crippen molar-refractivity contribution in [3.63, 3.8) is 0 Å². The minimum atomic E-state index is -0.325. The highest BCUT2D eigenvalue weighted by Gasteiger charge is 2.09. The van der Waals surface area contributed by atoms with Crippen molar-refractivity contribution in [2.45, 2.75) is 13.5 Å². The normalized spacial score (nSPS) is 10.3. The van der Waals surface area contributed by atoms with Gasteiger partial charge in [0.2, 0.25) is 0 Å². The fourth-order valence-corrected chi connectivity index (χ4v) is 2.11. The first kappa shape index (κ1) is 16.3. The van der Waals surface area contributed by atoms with Crippen LogP contribution in [0.3, 0.4) is 0 Å². The first-order valence-corrected chi connectivity index (χ1v) is 7.61. The van der Waals surface area contributed by atoms with Gasteiger partial charge in [0.05, 0.1) is 29.8 Å². The zero-order valence-electron chi connectivity index (χ0n) is 13.6. The van der Waals surface area contributed by atoms with Crippen molar-refractivity contribution in [1.29, 1.82) is 0 Å². The lowest BCUT2D eigenvalue weighted by molar-refractivity contribution is 0.102. The van der Waals surface area contributed by atoms with Crippen LogP contribution in [-0.4, -0.2) is 25.8 Å². The van der Waals surface area contributed by atoms with Gasteiger partial charge in [-0.2, -0.15) is 0 Å². The molecule has 3 heterocycles. The summed E-state index contributed by atoms with van der Waals surface area (Å²) in [6.07, 6.45) is 6.25. The second-order valence-corrected chi connectivity index (χ2v) is 5.32. The number of pyridine rings is 2. The van der Waals surface area contributed by atoms with Gasteiger partial charge in [-0.05, 0) is 31.2 Å². The van der Waals surface area contributed by atoms with Crippen LogP contribution < -0.4 is 16.4 Å². The van der Waals surface area contributed by atoms with Gasteiger partial charge in [0.15, 0.2) is 0 Å². The number of carbonyl (C=O) groups is 1. The monoisotopic (exact) mass is 335 g/mol. The Hall–Kier alpha value is -3.55. The SMILES string of the molecule is Cc1cnc(C(=O)Nc2ccnc(CNc3cccnc3N)c2)cn1. The Kier molecular flexibility index (Phi) is 4.79. The molecule has 0 aromatic carbocycles. The predicted molar refractivity (Wildman–Crippen MR) is 94.9 cm³/mol. The van der Waals surface area contributed by atoms with Crippen molar-refractivity contribution in [1.82, 2.24) is 19.9 Å². The largest absolute Gasteiger partial charge is 0.382 e. The molecule has 0 spiro atoms. The molecule has 3 aromatic heterocycles. The highest BCUT2D eigenvalue weighted by molar-refractivity contribution is 6.02. The van der Waals surface area contributed by atoms with E-state index in [1.807, 2.05) is 13.0 Å². The molecule has 0 atom stereocenters. The van der Waals surface area contributed by atoms with Crippen LogP contribution in [0.5, 0.6) is 0 Å². The molecular weight excluding hydrogens is 318 g/mol. The van der Waals surface area contributed by atoms with E-state index in [9.17, 15) is 4.79 Å². The van der Waals surface area contributed by atoms with E-state index in [4.69, 9.17) is 5.73 Å². The second kappa shape index (κ2) is 7.35. The average molecular weight is 335 g/mol. The quantitative estimate of drug-likeness (QED) is 0.652. The first-order valence-electron chi connectivity index (χ1n) is 7.61. The molecule has 3 rings (SSSR count). The van der Waals surface area contributed by atoms with Gasteiger partial charge in [-0.15, -0.1) is 0 Å². The second-order valence-electron chi connectivity index (χ2n) is 5.32. The Morgan fingerprint density at radius 3 is 2.76 bits per heavy atom. The Morgan fingerprint density at radius 1 is 1.12 bits per heavy atom. The van der Waals surface area contributed by atoms with Crippen LogP contribution in [0.1, 0.15) is 21.9 Å². The molecule has 0 fully saturated rings. The molecule has 0 radical (unpaired) electrons. The van der Waals surface area contributed by atoms with Gasteiger partial charge in [-0.1, -0.05) is 0 Å². The molecule has 0 aliphatic rings. The molecular formula is C17H17N7O. The topological polar surface area (TPSA) is 119 Å². The number of aromatic nitrogens is 4. The van der Waals surface area contributed by atoms with Gasteiger partial charge in [-0.25, -0.2) is 9.97 Å². The first-order chi connectivity index (χ1) is 12.1. The number of nitrogen functional groups attached to an aromatic ring is 1. The molecule has 1 amide bonds. The van der Waals surface area contributed by atoms with Gasteiger partial charge in [-0.3, -0.25) is 14.8 Å². The summed E-state index contributed by atoms with van der Waals surface area (Å²) in [7, 11) is 0. The number of hydrogen-bond donors (Lipinski definition) is 3. The van der Waals surface area contributed by atoms with E-state index in [0.717, 1.165) is 17.1 Å². The van der Waals surface area contributed by atoms with Crippen LogP contribution in [0.2, 0.25) is 0 Å². The molecule has 25 heavy (non-hydrogen) atoms. The Balaban J connectivity index is 1.66. The molecule has 0 unspecified atom stereocenters. The minimum absolute atomic E-state index is 0.255. The molecule has 0 saturated heterocycles. The predicted octanol–water partition coefficient (Wildman–Crippen LogP) is 2.02. The Morgan fingerprint density at radius 2 is 2.00 bits per heavy atom. The van der Waals surface area contributed by atoms with Gasteiger partial charge < -0.3 is 16.4 Å². The summed E-state index contributed by atoms with van der Waals surface area (Å²) in [5, 5.41) is 5.94. The third kappa shape index (κ3) is 4.25. The molecule has 126 valence electrons. The van der Waals surface area contributed by atoms with Crippen LogP contribution in [0, 0.1) is 6.92 Å². The van der Waals surface area contributed by atoms with Crippen molar-refractivity contribution in [3.05, 3.63) is 66.1 Å². The van der Waals surface area contributed by atoms with E-state index >= 15 is 0 Å². The summed E-state index contributed by atoms with van der Waals surface area (Å²) in [5.41, 5.74) is 8.90. The number of nitrogens with two attached hydrogens (primary N) is 1. The smallest absolute Gasteiger partial charge is 0.275 e. The van der Waals surface area contributed by atoms with Gasteiger partial charge in [0.1, 0.15) is 11.5 Å². The van der Waals surface area contributed by atoms with Crippen LogP contribution in [0.15, 0.2) is 49.1 Å². The molecule has 0 bridgehead atoms. The summed E-state index contributed by atoms with van der Waals surface area (Å²) >= 11 is 0. The maximum absolute atomic E-state index is 12.2. The van der Waals surface area contributed by atoms with E-state index in [-0.39, 0.29) is 11.6 Å². The highest BCUT2D eigenvalue weighted by Crippen LogP contribution is 2.16. The van der Waals surface area contributed by atoms with Crippen molar-refractivity contribution < 1.29 is 4.79 Å². The number of nitrogens with zero attached hydrogens (tertiary/aromatic N) is 4. The summed E-state index contributed by atoms with van der Waals surface area (Å²) < 4.78 is 0. The number of carbonyl (C=O) groups excluding carboxylic acids is 1. The van der Waals surface area contributed by atoms with E-state index in [2.05, 4.69) is 30.6 Å². The third-order valence-electron chi connectivity index (χ3n) is 3.39. The van der Waals surface area contributed by atoms with Crippen molar-refractivity contribution in [3.8, 4) is 0 Å². The standard InChI is InChI=1S/C17H17N7O/c1-11-8-22-15(10-21-11)17(25)24-12-4-6-19-13(7-12)9-23-14-3-2-5-20-16(14)18/h2-8,10,23H,9H2,1H3,(H2,18,20)(H,19,24,25). The van der Waals surface area contributed by atoms with Crippen molar-refractivity contribution in [2.24, 2.45) is 0 Å². The molecule has 4 N–H and O–H groups in total. The minimum Gasteiger partial charge on any atom is -0.382 e. The molecule has 0 saturated carbocycles. The average Bonchev–Trinajstić information content (AvgIpc) is 2.62. The third-order valence-corrected chi connectivity index (χ3v) is 3.39. The van der Waals surface area contributed by atoms with E-state index in [1.165, 1.54) is 6.20 Å². The van der Waals surface area contributed by atoms with Gasteiger partial charge in [0, 0.05) is 24.3 Å². The molecule has 3 aromatic rings. The summed E-state index contributed by atoms with van der Waals surface area (Å²) in [6, 6.07) is 7.12. The zero-order valence-corrected chi connectivity index (χ0v) is 13.6. The fraction of sp³-hybridized carbons (Fsp3) is 0.118. The van der Waals surface area contributed by atoms with Crippen LogP contribution in [0.25, 0.3) is 0 Å². The van der Waals surface area contributed by atoms with E-state index < -0.39 is 0 Å². The van der Waals surface area contributed by atoms with Crippen LogP contribution in [0.4, 0.5) is 17.2 Å². The van der Waals surface area contributed by atoms with E-state index in [0.29, 0.717) is 18.1 Å². The zero-order chi connectivity index (χ0) is 17.6. The number of nitrogens with one attached hydrogen (secondary N) is 2. The number of aryl methyl sites for hydroxylation is 1. The number of anilines is 3. The number of amides is 1. The van der Waals surface area contributed by atoms with Gasteiger partial charge >= 0.3 is 0 Å². The van der Waals surface area contributed by atoms with Crippen molar-refractivity contribution in [2.75, 3.05) is 16.4 Å². The van der Waals surface area contributed by atoms with Crippen LogP contribution in [-0.2, 0) is 6.54 Å².